The van der Waals surface area contributed by atoms with Crippen molar-refractivity contribution in [1.82, 2.24) is 10.2 Å². The standard InChI is InChI=1S/C28H32N2O8/c1-5-14-36-24(31)16-30(15-23(25(32)33)29-26(34)38-28(2,3)4)27(35)37-17-22-20-12-8-6-10-18(20)19-11-7-9-13-21(19)22/h5-13,22-23H,1,14-17H2,2-4H3,(H,29,34)(H,32,33)/t23-/m0/s1. The van der Waals surface area contributed by atoms with Gasteiger partial charge < -0.3 is 24.6 Å². The minimum atomic E-state index is -1.57. The van der Waals surface area contributed by atoms with Gasteiger partial charge in [-0.15, -0.1) is 0 Å². The number of aliphatic carboxylic acids is 1. The number of ether oxygens (including phenoxy) is 3. The van der Waals surface area contributed by atoms with Crippen molar-refractivity contribution in [3.63, 3.8) is 0 Å². The highest BCUT2D eigenvalue weighted by atomic mass is 16.6. The molecule has 3 rings (SSSR count). The van der Waals surface area contributed by atoms with Gasteiger partial charge in [0.1, 0.15) is 31.4 Å². The molecule has 2 N–H and O–H groups in total. The van der Waals surface area contributed by atoms with E-state index in [0.29, 0.717) is 0 Å². The predicted octanol–water partition coefficient (Wildman–Crippen LogP) is 3.94. The van der Waals surface area contributed by atoms with E-state index in [0.717, 1.165) is 27.2 Å². The minimum Gasteiger partial charge on any atom is -0.480 e. The van der Waals surface area contributed by atoms with E-state index in [-0.39, 0.29) is 19.1 Å². The van der Waals surface area contributed by atoms with Crippen molar-refractivity contribution in [3.8, 4) is 11.1 Å². The first-order valence-electron chi connectivity index (χ1n) is 12.1. The zero-order valence-electron chi connectivity index (χ0n) is 21.6. The Morgan fingerprint density at radius 3 is 2.13 bits per heavy atom. The molecule has 0 saturated heterocycles. The highest BCUT2D eigenvalue weighted by Crippen LogP contribution is 2.44. The molecule has 38 heavy (non-hydrogen) atoms. The molecule has 0 aromatic heterocycles. The summed E-state index contributed by atoms with van der Waals surface area (Å²) in [7, 11) is 0. The highest BCUT2D eigenvalue weighted by molar-refractivity contribution is 5.83. The van der Waals surface area contributed by atoms with Crippen LogP contribution in [-0.4, -0.2) is 72.1 Å². The summed E-state index contributed by atoms with van der Waals surface area (Å²) in [6.45, 7) is 7.07. The molecule has 0 spiro atoms. The third kappa shape index (κ3) is 7.34. The van der Waals surface area contributed by atoms with Crippen molar-refractivity contribution in [3.05, 3.63) is 72.3 Å². The van der Waals surface area contributed by atoms with Crippen LogP contribution in [0.25, 0.3) is 11.1 Å². The van der Waals surface area contributed by atoms with Crippen LogP contribution in [0.4, 0.5) is 9.59 Å². The van der Waals surface area contributed by atoms with Crippen molar-refractivity contribution in [2.45, 2.75) is 38.3 Å². The third-order valence-corrected chi connectivity index (χ3v) is 5.67. The Labute approximate surface area is 221 Å². The van der Waals surface area contributed by atoms with Crippen LogP contribution >= 0.6 is 0 Å². The van der Waals surface area contributed by atoms with Crippen LogP contribution in [0, 0.1) is 0 Å². The number of carboxylic acids is 1. The minimum absolute atomic E-state index is 0.0394. The molecule has 2 amide bonds. The largest absolute Gasteiger partial charge is 0.480 e. The number of nitrogens with zero attached hydrogens (tertiary/aromatic N) is 1. The van der Waals surface area contributed by atoms with E-state index in [1.165, 1.54) is 6.08 Å². The topological polar surface area (TPSA) is 131 Å². The highest BCUT2D eigenvalue weighted by Gasteiger charge is 2.33. The molecule has 0 aliphatic heterocycles. The third-order valence-electron chi connectivity index (χ3n) is 5.67. The van der Waals surface area contributed by atoms with Gasteiger partial charge in [-0.05, 0) is 43.0 Å². The number of nitrogens with one attached hydrogen (secondary N) is 1. The quantitative estimate of drug-likeness (QED) is 0.271. The first kappa shape index (κ1) is 28.2. The van der Waals surface area contributed by atoms with Gasteiger partial charge in [0.25, 0.3) is 0 Å². The molecule has 2 aromatic rings. The van der Waals surface area contributed by atoms with Gasteiger partial charge in [0.05, 0.1) is 6.54 Å². The second kappa shape index (κ2) is 12.3. The average molecular weight is 525 g/mol. The van der Waals surface area contributed by atoms with Crippen LogP contribution in [0.3, 0.4) is 0 Å². The molecule has 0 heterocycles. The predicted molar refractivity (Wildman–Crippen MR) is 139 cm³/mol. The first-order valence-corrected chi connectivity index (χ1v) is 12.1. The molecule has 0 fully saturated rings. The van der Waals surface area contributed by atoms with Crippen LogP contribution in [0.5, 0.6) is 0 Å². The average Bonchev–Trinajstić information content (AvgIpc) is 3.17. The van der Waals surface area contributed by atoms with E-state index < -0.39 is 48.9 Å². The SMILES string of the molecule is C=CCOC(=O)CN(C[C@H](NC(=O)OC(C)(C)C)C(=O)O)C(=O)OCC1c2ccccc2-c2ccccc21. The van der Waals surface area contributed by atoms with Crippen molar-refractivity contribution in [2.24, 2.45) is 0 Å². The van der Waals surface area contributed by atoms with E-state index in [9.17, 15) is 24.3 Å². The van der Waals surface area contributed by atoms with Crippen molar-refractivity contribution < 1.29 is 38.5 Å². The Kier molecular flexibility index (Phi) is 9.11. The van der Waals surface area contributed by atoms with E-state index >= 15 is 0 Å². The van der Waals surface area contributed by atoms with Crippen molar-refractivity contribution in [2.75, 3.05) is 26.3 Å². The molecule has 10 nitrogen and oxygen atoms in total. The Balaban J connectivity index is 1.76. The summed E-state index contributed by atoms with van der Waals surface area (Å²) in [5.41, 5.74) is 3.21. The Bertz CT molecular complexity index is 1160. The number of hydrogen-bond acceptors (Lipinski definition) is 7. The number of esters is 1. The molecule has 0 unspecified atom stereocenters. The molecule has 202 valence electrons. The van der Waals surface area contributed by atoms with Gasteiger partial charge in [-0.2, -0.15) is 0 Å². The van der Waals surface area contributed by atoms with Gasteiger partial charge >= 0.3 is 24.1 Å². The monoisotopic (exact) mass is 524 g/mol. The number of hydrogen-bond donors (Lipinski definition) is 2. The normalized spacial score (nSPS) is 12.9. The molecule has 1 aliphatic rings. The molecule has 0 bridgehead atoms. The molecule has 0 radical (unpaired) electrons. The van der Waals surface area contributed by atoms with E-state index in [1.54, 1.807) is 20.8 Å². The Hall–Kier alpha value is -4.34. The fourth-order valence-electron chi connectivity index (χ4n) is 4.10. The lowest BCUT2D eigenvalue weighted by Crippen LogP contribution is -2.52. The number of benzene rings is 2. The summed E-state index contributed by atoms with van der Waals surface area (Å²) in [5.74, 6) is -2.46. The van der Waals surface area contributed by atoms with Gasteiger partial charge in [-0.25, -0.2) is 14.4 Å². The molecule has 10 heteroatoms. The van der Waals surface area contributed by atoms with Gasteiger partial charge in [0.2, 0.25) is 0 Å². The molecule has 2 aromatic carbocycles. The van der Waals surface area contributed by atoms with Crippen molar-refractivity contribution >= 4 is 24.1 Å². The molecular weight excluding hydrogens is 492 g/mol. The first-order chi connectivity index (χ1) is 18.0. The zero-order valence-corrected chi connectivity index (χ0v) is 21.6. The Morgan fingerprint density at radius 1 is 1.03 bits per heavy atom. The van der Waals surface area contributed by atoms with Crippen LogP contribution in [0.15, 0.2) is 61.2 Å². The summed E-state index contributed by atoms with van der Waals surface area (Å²) in [6, 6.07) is 14.0. The smallest absolute Gasteiger partial charge is 0.410 e. The number of rotatable bonds is 10. The van der Waals surface area contributed by atoms with Crippen LogP contribution in [-0.2, 0) is 23.8 Å². The van der Waals surface area contributed by atoms with E-state index in [2.05, 4.69) is 11.9 Å². The van der Waals surface area contributed by atoms with Gasteiger partial charge in [-0.3, -0.25) is 9.69 Å². The second-order valence-corrected chi connectivity index (χ2v) is 9.69. The number of fused-ring (bicyclic) bond motifs is 3. The lowest BCUT2D eigenvalue weighted by atomic mass is 9.98. The molecular formula is C28H32N2O8. The summed E-state index contributed by atoms with van der Waals surface area (Å²) < 4.78 is 15.7. The lowest BCUT2D eigenvalue weighted by molar-refractivity contribution is -0.145. The summed E-state index contributed by atoms with van der Waals surface area (Å²) in [4.78, 5) is 50.4. The fraction of sp³-hybridized carbons (Fsp3) is 0.357. The molecule has 0 saturated carbocycles. The van der Waals surface area contributed by atoms with Crippen LogP contribution in [0.2, 0.25) is 0 Å². The number of amides is 2. The zero-order chi connectivity index (χ0) is 27.9. The number of carbonyl (C=O) groups excluding carboxylic acids is 3. The maximum atomic E-state index is 13.1. The molecule has 1 aliphatic carbocycles. The van der Waals surface area contributed by atoms with E-state index in [4.69, 9.17) is 14.2 Å². The lowest BCUT2D eigenvalue weighted by Gasteiger charge is -2.27. The van der Waals surface area contributed by atoms with Crippen molar-refractivity contribution in [1.29, 1.82) is 0 Å². The van der Waals surface area contributed by atoms with Gasteiger partial charge in [0.15, 0.2) is 0 Å². The number of alkyl carbamates (subject to hydrolysis) is 1. The maximum Gasteiger partial charge on any atom is 0.410 e. The summed E-state index contributed by atoms with van der Waals surface area (Å²) in [6.07, 6.45) is -0.550. The summed E-state index contributed by atoms with van der Waals surface area (Å²) in [5, 5.41) is 11.9. The fourth-order valence-corrected chi connectivity index (χ4v) is 4.10. The molecule has 1 atom stereocenters. The number of carboxylic acid groups (broad SMARTS) is 1. The maximum absolute atomic E-state index is 13.1. The Morgan fingerprint density at radius 2 is 1.61 bits per heavy atom. The van der Waals surface area contributed by atoms with Crippen LogP contribution in [0.1, 0.15) is 37.8 Å². The second-order valence-electron chi connectivity index (χ2n) is 9.69. The van der Waals surface area contributed by atoms with E-state index in [1.807, 2.05) is 48.5 Å². The van der Waals surface area contributed by atoms with Gasteiger partial charge in [0, 0.05) is 5.92 Å². The van der Waals surface area contributed by atoms with Gasteiger partial charge in [-0.1, -0.05) is 61.2 Å². The summed E-state index contributed by atoms with van der Waals surface area (Å²) >= 11 is 0. The number of carbonyl (C=O) groups is 4. The van der Waals surface area contributed by atoms with Crippen LogP contribution < -0.4 is 5.32 Å².